The van der Waals surface area contributed by atoms with Gasteiger partial charge in [-0.15, -0.1) is 0 Å². The molecule has 0 aromatic carbocycles. The van der Waals surface area contributed by atoms with Gasteiger partial charge in [0, 0.05) is 31.9 Å². The van der Waals surface area contributed by atoms with E-state index in [1.165, 1.54) is 56.3 Å². The molecule has 0 spiro atoms. The predicted octanol–water partition coefficient (Wildman–Crippen LogP) is 2.84. The van der Waals surface area contributed by atoms with E-state index in [1.54, 1.807) is 36.1 Å². The van der Waals surface area contributed by atoms with Crippen LogP contribution in [0.25, 0.3) is 5.65 Å². The van der Waals surface area contributed by atoms with Gasteiger partial charge in [-0.05, 0) is 21.5 Å². The summed E-state index contributed by atoms with van der Waals surface area (Å²) < 4.78 is 8.12. The number of methoxy groups -OCH3 is 1. The summed E-state index contributed by atoms with van der Waals surface area (Å²) in [7, 11) is 3.02. The maximum absolute atomic E-state index is 11.4. The van der Waals surface area contributed by atoms with Crippen molar-refractivity contribution in [3.63, 3.8) is 0 Å². The minimum Gasteiger partial charge on any atom is -0.468 e. The molecule has 0 atom stereocenters. The number of nitrogens with zero attached hydrogens (tertiary/aromatic N) is 4. The van der Waals surface area contributed by atoms with Crippen LogP contribution in [-0.4, -0.2) is 38.8 Å². The van der Waals surface area contributed by atoms with E-state index in [4.69, 9.17) is 11.5 Å². The van der Waals surface area contributed by atoms with Crippen LogP contribution in [0, 0.1) is 0 Å². The van der Waals surface area contributed by atoms with Crippen LogP contribution in [-0.2, 0) is 23.1 Å². The van der Waals surface area contributed by atoms with Crippen LogP contribution in [0.4, 0.5) is 11.6 Å². The van der Waals surface area contributed by atoms with Gasteiger partial charge in [-0.3, -0.25) is 9.59 Å². The Morgan fingerprint density at radius 1 is 1.21 bits per heavy atom. The summed E-state index contributed by atoms with van der Waals surface area (Å²) in [6, 6.07) is 5.04. The van der Waals surface area contributed by atoms with E-state index in [0.717, 1.165) is 15.9 Å². The average Bonchev–Trinajstić information content (AvgIpc) is 3.21. The number of hydrogen-bond donors (Lipinski definition) is 3. The van der Waals surface area contributed by atoms with Gasteiger partial charge in [-0.1, -0.05) is 44.6 Å². The van der Waals surface area contributed by atoms with E-state index in [2.05, 4.69) is 36.1 Å². The summed E-state index contributed by atoms with van der Waals surface area (Å²) in [6.45, 7) is 0.515. The number of carbonyl (C=O) groups is 1. The molecule has 3 aromatic heterocycles. The van der Waals surface area contributed by atoms with Crippen molar-refractivity contribution in [3.8, 4) is 0 Å². The van der Waals surface area contributed by atoms with Gasteiger partial charge in [-0.25, -0.2) is 4.98 Å². The van der Waals surface area contributed by atoms with Gasteiger partial charge < -0.3 is 26.1 Å². The Hall–Kier alpha value is -2.92. The lowest BCUT2D eigenvalue weighted by molar-refractivity contribution is -0.138. The van der Waals surface area contributed by atoms with E-state index in [1.807, 2.05) is 0 Å². The summed E-state index contributed by atoms with van der Waals surface area (Å²) >= 11 is 3.38. The molecule has 10 nitrogen and oxygen atoms in total. The van der Waals surface area contributed by atoms with Gasteiger partial charge >= 0.3 is 5.97 Å². The molecular formula is C22H32BrN7O3. The Balaban J connectivity index is 0.000000263. The molecule has 11 heteroatoms. The molecular weight excluding hydrogens is 490 g/mol. The summed E-state index contributed by atoms with van der Waals surface area (Å²) in [5, 5.41) is 7.49. The van der Waals surface area contributed by atoms with Crippen LogP contribution in [0.15, 0.2) is 39.9 Å². The van der Waals surface area contributed by atoms with Gasteiger partial charge in [0.1, 0.15) is 11.6 Å². The molecule has 0 amide bonds. The largest absolute Gasteiger partial charge is 0.468 e. The molecule has 1 aliphatic carbocycles. The fourth-order valence-corrected chi connectivity index (χ4v) is 3.52. The first kappa shape index (κ1) is 26.3. The number of esters is 1. The highest BCUT2D eigenvalue weighted by molar-refractivity contribution is 9.10. The van der Waals surface area contributed by atoms with Gasteiger partial charge in [0.15, 0.2) is 5.65 Å². The SMILES string of the molecule is C1CCCCC1.COC(=O)CN.Cn1cc(CNc2cc(N)nc3c(Br)cnn23)ccc1=O. The number of aromatic nitrogens is 4. The molecule has 180 valence electrons. The Morgan fingerprint density at radius 3 is 2.36 bits per heavy atom. The standard InChI is InChI=1S/C13H13BrN6O.C6H12.C3H7NO2/c1-19-7-8(2-3-12(19)21)5-16-11-4-10(15)18-13-9(14)6-17-20(11)13;1-2-4-6-5-3-1;1-6-3(5)2-4/h2-4,6-7,16H,5H2,1H3,(H2,15,18);1-6H2;2,4H2,1H3. The maximum Gasteiger partial charge on any atom is 0.319 e. The molecule has 3 heterocycles. The van der Waals surface area contributed by atoms with Gasteiger partial charge in [0.2, 0.25) is 5.56 Å². The fourth-order valence-electron chi connectivity index (χ4n) is 3.17. The second kappa shape index (κ2) is 13.6. The van der Waals surface area contributed by atoms with Crippen LogP contribution in [0.1, 0.15) is 44.1 Å². The topological polar surface area (TPSA) is 143 Å². The number of nitrogens with two attached hydrogens (primary N) is 2. The van der Waals surface area contributed by atoms with Crippen molar-refractivity contribution in [1.82, 2.24) is 19.2 Å². The second-order valence-electron chi connectivity index (χ2n) is 7.54. The third kappa shape index (κ3) is 8.50. The third-order valence-electron chi connectivity index (χ3n) is 4.96. The molecule has 4 rings (SSSR count). The van der Waals surface area contributed by atoms with Gasteiger partial charge in [-0.2, -0.15) is 9.61 Å². The molecule has 3 aromatic rings. The second-order valence-corrected chi connectivity index (χ2v) is 8.39. The summed E-state index contributed by atoms with van der Waals surface area (Å²) in [5.74, 6) is 0.763. The lowest BCUT2D eigenvalue weighted by Crippen LogP contribution is -2.16. The van der Waals surface area contributed by atoms with Crippen LogP contribution in [0.5, 0.6) is 0 Å². The molecule has 0 radical (unpaired) electrons. The number of ether oxygens (including phenoxy) is 1. The molecule has 0 aliphatic heterocycles. The summed E-state index contributed by atoms with van der Waals surface area (Å²) in [6.07, 6.45) is 12.5. The normalized spacial score (nSPS) is 12.7. The number of anilines is 2. The van der Waals surface area contributed by atoms with Crippen molar-refractivity contribution in [1.29, 1.82) is 0 Å². The maximum atomic E-state index is 11.4. The number of aryl methyl sites for hydroxylation is 1. The molecule has 1 aliphatic rings. The Labute approximate surface area is 201 Å². The van der Waals surface area contributed by atoms with Crippen molar-refractivity contribution in [2.45, 2.75) is 45.1 Å². The van der Waals surface area contributed by atoms with Crippen LogP contribution in [0.3, 0.4) is 0 Å². The lowest BCUT2D eigenvalue weighted by atomic mass is 10.0. The smallest absolute Gasteiger partial charge is 0.319 e. The molecule has 1 saturated carbocycles. The number of hydrogen-bond acceptors (Lipinski definition) is 8. The van der Waals surface area contributed by atoms with Gasteiger partial charge in [0.25, 0.3) is 0 Å². The average molecular weight is 522 g/mol. The number of halogens is 1. The van der Waals surface area contributed by atoms with Crippen molar-refractivity contribution in [2.24, 2.45) is 12.8 Å². The van der Waals surface area contributed by atoms with Crippen molar-refractivity contribution >= 4 is 39.2 Å². The fraction of sp³-hybridized carbons (Fsp3) is 0.455. The molecule has 33 heavy (non-hydrogen) atoms. The minimum absolute atomic E-state index is 0.0312. The molecule has 0 bridgehead atoms. The van der Waals surface area contributed by atoms with E-state index in [9.17, 15) is 9.59 Å². The van der Waals surface area contributed by atoms with Crippen LogP contribution >= 0.6 is 15.9 Å². The minimum atomic E-state index is -0.380. The van der Waals surface area contributed by atoms with E-state index in [-0.39, 0.29) is 18.1 Å². The third-order valence-corrected chi connectivity index (χ3v) is 5.52. The molecule has 0 saturated heterocycles. The monoisotopic (exact) mass is 521 g/mol. The zero-order chi connectivity index (χ0) is 24.2. The molecule has 5 N–H and O–H groups in total. The van der Waals surface area contributed by atoms with E-state index in [0.29, 0.717) is 18.0 Å². The number of carbonyl (C=O) groups excluding carboxylic acids is 1. The summed E-state index contributed by atoms with van der Waals surface area (Å²) in [5.41, 5.74) is 12.2. The van der Waals surface area contributed by atoms with Crippen LogP contribution < -0.4 is 22.3 Å². The van der Waals surface area contributed by atoms with Gasteiger partial charge in [0.05, 0.1) is 24.3 Å². The Bertz CT molecular complexity index is 1080. The highest BCUT2D eigenvalue weighted by Crippen LogP contribution is 2.21. The number of nitrogens with one attached hydrogen (secondary N) is 1. The molecule has 0 unspecified atom stereocenters. The first-order chi connectivity index (χ1) is 15.8. The van der Waals surface area contributed by atoms with Crippen molar-refractivity contribution in [2.75, 3.05) is 24.7 Å². The number of pyridine rings is 1. The van der Waals surface area contributed by atoms with Crippen molar-refractivity contribution in [3.05, 3.63) is 51.0 Å². The van der Waals surface area contributed by atoms with Crippen molar-refractivity contribution < 1.29 is 9.53 Å². The number of nitrogen functional groups attached to an aromatic ring is 1. The first-order valence-electron chi connectivity index (χ1n) is 10.8. The highest BCUT2D eigenvalue weighted by Gasteiger charge is 2.08. The predicted molar refractivity (Wildman–Crippen MR) is 133 cm³/mol. The highest BCUT2D eigenvalue weighted by atomic mass is 79.9. The Morgan fingerprint density at radius 2 is 1.85 bits per heavy atom. The zero-order valence-electron chi connectivity index (χ0n) is 19.1. The number of rotatable bonds is 4. The van der Waals surface area contributed by atoms with E-state index < -0.39 is 0 Å². The summed E-state index contributed by atoms with van der Waals surface area (Å²) in [4.78, 5) is 25.4. The first-order valence-corrected chi connectivity index (χ1v) is 11.6. The lowest BCUT2D eigenvalue weighted by Gasteiger charge is -2.10. The quantitative estimate of drug-likeness (QED) is 0.444. The zero-order valence-corrected chi connectivity index (χ0v) is 20.7. The van der Waals surface area contributed by atoms with Crippen LogP contribution in [0.2, 0.25) is 0 Å². The Kier molecular flexibility index (Phi) is 10.8. The number of fused-ring (bicyclic) bond motifs is 1. The molecule has 1 fully saturated rings. The van der Waals surface area contributed by atoms with E-state index >= 15 is 0 Å².